The molecule has 1 atom stereocenters. The summed E-state index contributed by atoms with van der Waals surface area (Å²) in [5, 5.41) is 12.0. The van der Waals surface area contributed by atoms with Crippen molar-refractivity contribution in [2.24, 2.45) is 5.41 Å². The molecule has 0 spiro atoms. The summed E-state index contributed by atoms with van der Waals surface area (Å²) in [7, 11) is 1.20. The molecular formula is C12H21NO4. The van der Waals surface area contributed by atoms with Gasteiger partial charge in [-0.05, 0) is 12.8 Å². The van der Waals surface area contributed by atoms with E-state index in [2.05, 4.69) is 10.1 Å². The molecule has 1 rings (SSSR count). The Balaban J connectivity index is 2.41. The van der Waals surface area contributed by atoms with Crippen LogP contribution in [0.5, 0.6) is 0 Å². The second-order valence-corrected chi connectivity index (χ2v) is 4.87. The van der Waals surface area contributed by atoms with Crippen molar-refractivity contribution in [3.8, 4) is 0 Å². The summed E-state index contributed by atoms with van der Waals surface area (Å²) in [6.07, 6.45) is 3.75. The minimum atomic E-state index is -1.28. The Kier molecular flexibility index (Phi) is 4.93. The fourth-order valence-corrected chi connectivity index (χ4v) is 2.18. The van der Waals surface area contributed by atoms with Crippen LogP contribution in [0.3, 0.4) is 0 Å². The van der Waals surface area contributed by atoms with Gasteiger partial charge in [0.05, 0.1) is 13.7 Å². The number of hydrogen-bond acceptors (Lipinski definition) is 4. The van der Waals surface area contributed by atoms with Crippen LogP contribution in [-0.4, -0.2) is 36.7 Å². The Bertz CT molecular complexity index is 284. The summed E-state index contributed by atoms with van der Waals surface area (Å²) < 4.78 is 4.37. The van der Waals surface area contributed by atoms with Gasteiger partial charge in [-0.3, -0.25) is 4.79 Å². The Morgan fingerprint density at radius 2 is 1.94 bits per heavy atom. The molecule has 5 heteroatoms. The molecule has 1 aliphatic rings. The van der Waals surface area contributed by atoms with Gasteiger partial charge in [0, 0.05) is 5.41 Å². The largest absolute Gasteiger partial charge is 0.467 e. The number of aliphatic hydroxyl groups is 1. The first-order chi connectivity index (χ1) is 7.99. The van der Waals surface area contributed by atoms with E-state index in [0.717, 1.165) is 25.7 Å². The van der Waals surface area contributed by atoms with E-state index in [0.29, 0.717) is 0 Å². The zero-order chi connectivity index (χ0) is 12.9. The van der Waals surface area contributed by atoms with Crippen LogP contribution in [0.1, 0.15) is 39.0 Å². The number of methoxy groups -OCH3 is 1. The van der Waals surface area contributed by atoms with Crippen molar-refractivity contribution in [3.63, 3.8) is 0 Å². The first-order valence-electron chi connectivity index (χ1n) is 6.04. The molecule has 1 saturated carbocycles. The molecule has 1 amide bonds. The van der Waals surface area contributed by atoms with Crippen LogP contribution in [0.15, 0.2) is 0 Å². The van der Waals surface area contributed by atoms with Crippen LogP contribution in [0.4, 0.5) is 0 Å². The summed E-state index contributed by atoms with van der Waals surface area (Å²) in [4.78, 5) is 22.9. The molecule has 1 fully saturated rings. The maximum absolute atomic E-state index is 12.0. The highest BCUT2D eigenvalue weighted by Crippen LogP contribution is 2.35. The summed E-state index contributed by atoms with van der Waals surface area (Å²) in [6.45, 7) is 1.85. The van der Waals surface area contributed by atoms with E-state index in [-0.39, 0.29) is 17.9 Å². The number of carbonyl (C=O) groups excluding carboxylic acids is 2. The lowest BCUT2D eigenvalue weighted by Crippen LogP contribution is -2.44. The Morgan fingerprint density at radius 1 is 1.35 bits per heavy atom. The monoisotopic (exact) mass is 243 g/mol. The quantitative estimate of drug-likeness (QED) is 0.709. The molecule has 2 N–H and O–H groups in total. The molecule has 5 nitrogen and oxygen atoms in total. The lowest BCUT2D eigenvalue weighted by molar-refractivity contribution is -0.150. The Labute approximate surface area is 102 Å². The third-order valence-electron chi connectivity index (χ3n) is 3.43. The van der Waals surface area contributed by atoms with Crippen molar-refractivity contribution >= 4 is 11.9 Å². The zero-order valence-corrected chi connectivity index (χ0v) is 10.5. The van der Waals surface area contributed by atoms with Crippen molar-refractivity contribution in [2.45, 2.75) is 45.1 Å². The fraction of sp³-hybridized carbons (Fsp3) is 0.833. The highest BCUT2D eigenvalue weighted by atomic mass is 16.5. The number of aliphatic hydroxyl groups excluding tert-OH is 1. The van der Waals surface area contributed by atoms with Crippen LogP contribution >= 0.6 is 0 Å². The molecular weight excluding hydrogens is 222 g/mol. The van der Waals surface area contributed by atoms with Crippen molar-refractivity contribution in [3.05, 3.63) is 0 Å². The number of nitrogens with one attached hydrogen (secondary N) is 1. The van der Waals surface area contributed by atoms with E-state index in [1.54, 1.807) is 0 Å². The highest BCUT2D eigenvalue weighted by Gasteiger charge is 2.34. The SMILES string of the molecule is COC(=O)C(O)CNC(=O)C1(C)CCCCC1. The fourth-order valence-electron chi connectivity index (χ4n) is 2.18. The zero-order valence-electron chi connectivity index (χ0n) is 10.5. The molecule has 98 valence electrons. The van der Waals surface area contributed by atoms with Crippen LogP contribution in [-0.2, 0) is 14.3 Å². The first kappa shape index (κ1) is 14.0. The topological polar surface area (TPSA) is 75.6 Å². The maximum atomic E-state index is 12.0. The summed E-state index contributed by atoms with van der Waals surface area (Å²) in [6, 6.07) is 0. The molecule has 17 heavy (non-hydrogen) atoms. The van der Waals surface area contributed by atoms with Gasteiger partial charge >= 0.3 is 5.97 Å². The number of ether oxygens (including phenoxy) is 1. The Hall–Kier alpha value is -1.10. The molecule has 0 aromatic rings. The van der Waals surface area contributed by atoms with Crippen molar-refractivity contribution < 1.29 is 19.4 Å². The van der Waals surface area contributed by atoms with Crippen LogP contribution in [0, 0.1) is 5.41 Å². The molecule has 0 heterocycles. The van der Waals surface area contributed by atoms with E-state index >= 15 is 0 Å². The lowest BCUT2D eigenvalue weighted by atomic mass is 9.75. The van der Waals surface area contributed by atoms with E-state index in [1.165, 1.54) is 13.5 Å². The van der Waals surface area contributed by atoms with E-state index in [9.17, 15) is 14.7 Å². The molecule has 0 aliphatic heterocycles. The van der Waals surface area contributed by atoms with Crippen molar-refractivity contribution in [1.82, 2.24) is 5.32 Å². The third-order valence-corrected chi connectivity index (χ3v) is 3.43. The first-order valence-corrected chi connectivity index (χ1v) is 6.04. The minimum absolute atomic E-state index is 0.0822. The van der Waals surface area contributed by atoms with Crippen LogP contribution in [0.2, 0.25) is 0 Å². The predicted molar refractivity (Wildman–Crippen MR) is 62.2 cm³/mol. The average molecular weight is 243 g/mol. The number of rotatable bonds is 4. The van der Waals surface area contributed by atoms with Gasteiger partial charge in [-0.15, -0.1) is 0 Å². The Morgan fingerprint density at radius 3 is 2.47 bits per heavy atom. The standard InChI is InChI=1S/C12H21NO4/c1-12(6-4-3-5-7-12)11(16)13-8-9(14)10(15)17-2/h9,14H,3-8H2,1-2H3,(H,13,16). The van der Waals surface area contributed by atoms with Crippen LogP contribution in [0.25, 0.3) is 0 Å². The van der Waals surface area contributed by atoms with E-state index < -0.39 is 12.1 Å². The van der Waals surface area contributed by atoms with Crippen LogP contribution < -0.4 is 5.32 Å². The average Bonchev–Trinajstić information content (AvgIpc) is 2.35. The van der Waals surface area contributed by atoms with E-state index in [1.807, 2.05) is 6.92 Å². The third kappa shape index (κ3) is 3.70. The van der Waals surface area contributed by atoms with Crippen molar-refractivity contribution in [1.29, 1.82) is 0 Å². The molecule has 0 aromatic carbocycles. The smallest absolute Gasteiger partial charge is 0.336 e. The molecule has 1 unspecified atom stereocenters. The van der Waals surface area contributed by atoms with Gasteiger partial charge in [-0.25, -0.2) is 4.79 Å². The van der Waals surface area contributed by atoms with Gasteiger partial charge in [0.2, 0.25) is 5.91 Å². The van der Waals surface area contributed by atoms with Gasteiger partial charge in [0.15, 0.2) is 6.10 Å². The second kappa shape index (κ2) is 6.00. The molecule has 1 aliphatic carbocycles. The van der Waals surface area contributed by atoms with Gasteiger partial charge in [-0.1, -0.05) is 26.2 Å². The molecule has 0 saturated heterocycles. The summed E-state index contributed by atoms with van der Waals surface area (Å²) in [5.74, 6) is -0.806. The molecule has 0 aromatic heterocycles. The molecule has 0 radical (unpaired) electrons. The number of esters is 1. The predicted octanol–water partition coefficient (Wildman–Crippen LogP) is 0.607. The normalized spacial score (nSPS) is 20.4. The lowest BCUT2D eigenvalue weighted by Gasteiger charge is -2.32. The van der Waals surface area contributed by atoms with Gasteiger partial charge in [0.1, 0.15) is 0 Å². The highest BCUT2D eigenvalue weighted by molar-refractivity contribution is 5.83. The summed E-state index contributed by atoms with van der Waals surface area (Å²) >= 11 is 0. The van der Waals surface area contributed by atoms with E-state index in [4.69, 9.17) is 0 Å². The number of carbonyl (C=O) groups is 2. The number of amides is 1. The van der Waals surface area contributed by atoms with Crippen molar-refractivity contribution in [2.75, 3.05) is 13.7 Å². The second-order valence-electron chi connectivity index (χ2n) is 4.87. The van der Waals surface area contributed by atoms with Gasteiger partial charge in [-0.2, -0.15) is 0 Å². The minimum Gasteiger partial charge on any atom is -0.467 e. The van der Waals surface area contributed by atoms with Gasteiger partial charge in [0.25, 0.3) is 0 Å². The maximum Gasteiger partial charge on any atom is 0.336 e. The number of hydrogen-bond donors (Lipinski definition) is 2. The molecule has 0 bridgehead atoms. The summed E-state index contributed by atoms with van der Waals surface area (Å²) in [5.41, 5.74) is -0.353. The van der Waals surface area contributed by atoms with Gasteiger partial charge < -0.3 is 15.2 Å².